The van der Waals surface area contributed by atoms with Crippen molar-refractivity contribution in [2.24, 2.45) is 0 Å². The molecule has 1 amide bonds. The zero-order valence-electron chi connectivity index (χ0n) is 20.5. The van der Waals surface area contributed by atoms with Crippen molar-refractivity contribution >= 4 is 23.5 Å². The van der Waals surface area contributed by atoms with Gasteiger partial charge in [0.1, 0.15) is 5.54 Å². The molecule has 37 heavy (non-hydrogen) atoms. The average molecular weight is 505 g/mol. The van der Waals surface area contributed by atoms with Crippen LogP contribution in [0.5, 0.6) is 6.01 Å². The normalized spacial score (nSPS) is 18.0. The number of ether oxygens (including phenoxy) is 1. The van der Waals surface area contributed by atoms with Gasteiger partial charge in [-0.1, -0.05) is 48.5 Å². The van der Waals surface area contributed by atoms with Gasteiger partial charge in [-0.3, -0.25) is 14.9 Å². The first-order valence-corrected chi connectivity index (χ1v) is 11.9. The molecule has 0 saturated heterocycles. The Morgan fingerprint density at radius 2 is 1.70 bits per heavy atom. The van der Waals surface area contributed by atoms with Crippen molar-refractivity contribution in [2.75, 3.05) is 18.0 Å². The maximum absolute atomic E-state index is 13.3. The molecule has 10 heteroatoms. The van der Waals surface area contributed by atoms with Crippen LogP contribution < -0.4 is 15.0 Å². The molecule has 1 aromatic heterocycles. The summed E-state index contributed by atoms with van der Waals surface area (Å²) in [5, 5.41) is 22.8. The predicted molar refractivity (Wildman–Crippen MR) is 134 cm³/mol. The fraction of sp³-hybridized carbons (Fsp3) is 0.296. The smallest absolute Gasteiger partial charge is 0.347 e. The molecule has 1 aliphatic rings. The molecule has 10 nitrogen and oxygen atoms in total. The largest absolute Gasteiger partial charge is 0.481 e. The van der Waals surface area contributed by atoms with Crippen molar-refractivity contribution in [1.82, 2.24) is 15.3 Å². The molecule has 4 rings (SSSR count). The maximum Gasteiger partial charge on any atom is 0.347 e. The lowest BCUT2D eigenvalue weighted by Crippen LogP contribution is -2.58. The monoisotopic (exact) mass is 504 g/mol. The van der Waals surface area contributed by atoms with Crippen molar-refractivity contribution < 1.29 is 29.3 Å². The van der Waals surface area contributed by atoms with Crippen LogP contribution in [0.3, 0.4) is 0 Å². The molecule has 3 N–H and O–H groups in total. The Kier molecular flexibility index (Phi) is 7.49. The fourth-order valence-corrected chi connectivity index (χ4v) is 4.74. The summed E-state index contributed by atoms with van der Waals surface area (Å²) in [6.07, 6.45) is -1.43. The minimum Gasteiger partial charge on any atom is -0.481 e. The van der Waals surface area contributed by atoms with Crippen molar-refractivity contribution in [3.05, 3.63) is 83.2 Å². The van der Waals surface area contributed by atoms with Crippen LogP contribution in [0, 0.1) is 13.8 Å². The lowest BCUT2D eigenvalue weighted by molar-refractivity contribution is -0.149. The Bertz CT molecular complexity index is 1300. The molecule has 3 aromatic rings. The summed E-state index contributed by atoms with van der Waals surface area (Å²) >= 11 is 0. The zero-order chi connectivity index (χ0) is 26.6. The van der Waals surface area contributed by atoms with E-state index < -0.39 is 23.6 Å². The van der Waals surface area contributed by atoms with Crippen LogP contribution in [0.1, 0.15) is 35.4 Å². The highest BCUT2D eigenvalue weighted by atomic mass is 16.5. The van der Waals surface area contributed by atoms with Crippen molar-refractivity contribution in [1.29, 1.82) is 0 Å². The zero-order valence-corrected chi connectivity index (χ0v) is 20.5. The molecule has 0 fully saturated rings. The van der Waals surface area contributed by atoms with Crippen molar-refractivity contribution in [3.8, 4) is 6.01 Å². The van der Waals surface area contributed by atoms with Crippen LogP contribution >= 0.6 is 0 Å². The third-order valence-electron chi connectivity index (χ3n) is 6.24. The molecule has 2 aromatic carbocycles. The molecule has 0 bridgehead atoms. The van der Waals surface area contributed by atoms with Crippen LogP contribution in [-0.2, 0) is 19.9 Å². The summed E-state index contributed by atoms with van der Waals surface area (Å²) < 4.78 is 6.04. The van der Waals surface area contributed by atoms with Gasteiger partial charge in [-0.15, -0.1) is 0 Å². The molecule has 192 valence electrons. The van der Waals surface area contributed by atoms with E-state index in [0.717, 1.165) is 0 Å². The minimum atomic E-state index is -1.57. The molecule has 0 saturated carbocycles. The van der Waals surface area contributed by atoms with Crippen LogP contribution in [0.15, 0.2) is 60.7 Å². The van der Waals surface area contributed by atoms with Gasteiger partial charge in [-0.25, -0.2) is 14.8 Å². The van der Waals surface area contributed by atoms with E-state index in [-0.39, 0.29) is 37.8 Å². The standard InChI is InChI=1S/C27H28N4O6/c1-17-15-18(2)30-26(29-17)37-24(25(35)36)27(19-9-4-3-5-10-19)20-11-6-7-12-21(20)31(22(32)16-28-27)14-8-13-23(33)34/h3-7,9-12,15,24,28H,8,13-14,16H2,1-2H3,(H,33,34)(H,35,36)/t24-,27+/m1/s1. The molecule has 2 heterocycles. The Morgan fingerprint density at radius 3 is 2.35 bits per heavy atom. The highest BCUT2D eigenvalue weighted by Gasteiger charge is 2.52. The second-order valence-corrected chi connectivity index (χ2v) is 8.86. The molecule has 1 aliphatic heterocycles. The first-order chi connectivity index (χ1) is 17.7. The SMILES string of the molecule is Cc1cc(C)nc(O[C@H](C(=O)O)[C@@]2(c3ccccc3)NCC(=O)N(CCCC(=O)O)c3ccccc32)n1. The van der Waals surface area contributed by atoms with Gasteiger partial charge in [0, 0.05) is 35.6 Å². The van der Waals surface area contributed by atoms with Gasteiger partial charge in [0.25, 0.3) is 0 Å². The van der Waals surface area contributed by atoms with Gasteiger partial charge in [0.05, 0.1) is 6.54 Å². The third kappa shape index (κ3) is 5.29. The minimum absolute atomic E-state index is 0.0895. The lowest BCUT2D eigenvalue weighted by Gasteiger charge is -2.39. The summed E-state index contributed by atoms with van der Waals surface area (Å²) in [6, 6.07) is 17.6. The molecular weight excluding hydrogens is 476 g/mol. The van der Waals surface area contributed by atoms with Crippen molar-refractivity contribution in [3.63, 3.8) is 0 Å². The van der Waals surface area contributed by atoms with E-state index in [0.29, 0.717) is 28.2 Å². The third-order valence-corrected chi connectivity index (χ3v) is 6.24. The summed E-state index contributed by atoms with van der Waals surface area (Å²) in [4.78, 5) is 47.4. The highest BCUT2D eigenvalue weighted by molar-refractivity contribution is 5.97. The van der Waals surface area contributed by atoms with E-state index in [1.54, 1.807) is 68.4 Å². The topological polar surface area (TPSA) is 142 Å². The van der Waals surface area contributed by atoms with Crippen LogP contribution in [0.4, 0.5) is 5.69 Å². The van der Waals surface area contributed by atoms with E-state index in [1.165, 1.54) is 4.90 Å². The van der Waals surface area contributed by atoms with Crippen LogP contribution in [-0.4, -0.2) is 57.2 Å². The number of carbonyl (C=O) groups is 3. The fourth-order valence-electron chi connectivity index (χ4n) is 4.74. The summed E-state index contributed by atoms with van der Waals surface area (Å²) in [6.45, 7) is 3.47. The Morgan fingerprint density at radius 1 is 1.05 bits per heavy atom. The number of amides is 1. The van der Waals surface area contributed by atoms with Gasteiger partial charge in [-0.2, -0.15) is 0 Å². The summed E-state index contributed by atoms with van der Waals surface area (Å²) in [5.41, 5.74) is 1.27. The van der Waals surface area contributed by atoms with Crippen LogP contribution in [0.25, 0.3) is 0 Å². The number of hydrogen-bond acceptors (Lipinski definition) is 7. The van der Waals surface area contributed by atoms with E-state index in [2.05, 4.69) is 15.3 Å². The van der Waals surface area contributed by atoms with Crippen molar-refractivity contribution in [2.45, 2.75) is 38.3 Å². The Balaban J connectivity index is 1.92. The number of aryl methyl sites for hydroxylation is 2. The second kappa shape index (κ2) is 10.8. The van der Waals surface area contributed by atoms with E-state index in [1.807, 2.05) is 6.07 Å². The molecule has 0 unspecified atom stereocenters. The number of aliphatic carboxylic acids is 2. The number of nitrogens with one attached hydrogen (secondary N) is 1. The van der Waals surface area contributed by atoms with E-state index in [9.17, 15) is 19.5 Å². The first-order valence-electron chi connectivity index (χ1n) is 11.9. The van der Waals surface area contributed by atoms with E-state index >= 15 is 0 Å². The molecule has 2 atom stereocenters. The van der Waals surface area contributed by atoms with Gasteiger partial charge >= 0.3 is 17.9 Å². The van der Waals surface area contributed by atoms with Gasteiger partial charge in [-0.05, 0) is 38.0 Å². The van der Waals surface area contributed by atoms with Gasteiger partial charge in [0.2, 0.25) is 12.0 Å². The lowest BCUT2D eigenvalue weighted by atomic mass is 9.77. The van der Waals surface area contributed by atoms with E-state index in [4.69, 9.17) is 9.84 Å². The first kappa shape index (κ1) is 25.8. The maximum atomic E-state index is 13.3. The predicted octanol–water partition coefficient (Wildman–Crippen LogP) is 2.67. The Hall–Kier alpha value is -4.31. The number of carboxylic acid groups (broad SMARTS) is 2. The number of hydrogen-bond donors (Lipinski definition) is 3. The van der Waals surface area contributed by atoms with Gasteiger partial charge in [0.15, 0.2) is 0 Å². The second-order valence-electron chi connectivity index (χ2n) is 8.86. The molecule has 0 radical (unpaired) electrons. The Labute approximate surface area is 213 Å². The number of rotatable bonds is 9. The van der Waals surface area contributed by atoms with Crippen LogP contribution in [0.2, 0.25) is 0 Å². The quantitative estimate of drug-likeness (QED) is 0.401. The number of carbonyl (C=O) groups excluding carboxylic acids is 1. The number of benzene rings is 2. The number of fused-ring (bicyclic) bond motifs is 1. The number of carboxylic acids is 2. The average Bonchev–Trinajstić information content (AvgIpc) is 2.97. The number of anilines is 1. The molecule has 0 spiro atoms. The number of para-hydroxylation sites is 1. The molecule has 0 aliphatic carbocycles. The summed E-state index contributed by atoms with van der Waals surface area (Å²) in [5.74, 6) is -2.55. The highest BCUT2D eigenvalue weighted by Crippen LogP contribution is 2.42. The molecular formula is C27H28N4O6. The van der Waals surface area contributed by atoms with Gasteiger partial charge < -0.3 is 19.8 Å². The number of aromatic nitrogens is 2. The number of nitrogens with zero attached hydrogens (tertiary/aromatic N) is 3. The summed E-state index contributed by atoms with van der Waals surface area (Å²) in [7, 11) is 0.